The van der Waals surface area contributed by atoms with Gasteiger partial charge >= 0.3 is 5.97 Å². The number of carbonyl (C=O) groups excluding carboxylic acids is 1. The number of aromatic nitrogens is 1. The van der Waals surface area contributed by atoms with Crippen molar-refractivity contribution in [1.82, 2.24) is 4.57 Å². The minimum atomic E-state index is -0.802. The molecule has 0 radical (unpaired) electrons. The van der Waals surface area contributed by atoms with E-state index in [1.165, 1.54) is 11.3 Å². The maximum atomic E-state index is 14.2. The summed E-state index contributed by atoms with van der Waals surface area (Å²) in [6.45, 7) is 2.21. The fourth-order valence-corrected chi connectivity index (χ4v) is 6.53. The fraction of sp³-hybridized carbons (Fsp3) is 0.139. The lowest BCUT2D eigenvalue weighted by Gasteiger charge is -2.26. The highest BCUT2D eigenvalue weighted by Gasteiger charge is 2.35. The van der Waals surface area contributed by atoms with Crippen molar-refractivity contribution < 1.29 is 19.0 Å². The van der Waals surface area contributed by atoms with Crippen molar-refractivity contribution in [2.45, 2.75) is 19.6 Å². The second-order valence-corrected chi connectivity index (χ2v) is 12.1. The lowest BCUT2D eigenvalue weighted by molar-refractivity contribution is -0.138. The Labute approximate surface area is 279 Å². The van der Waals surface area contributed by atoms with Crippen molar-refractivity contribution in [3.05, 3.63) is 155 Å². The summed E-state index contributed by atoms with van der Waals surface area (Å²) >= 11 is 13.4. The lowest BCUT2D eigenvalue weighted by atomic mass is 9.93. The van der Waals surface area contributed by atoms with Gasteiger partial charge in [0.2, 0.25) is 0 Å². The van der Waals surface area contributed by atoms with Gasteiger partial charge in [-0.1, -0.05) is 95.2 Å². The number of benzene rings is 4. The van der Waals surface area contributed by atoms with Crippen molar-refractivity contribution in [3.8, 4) is 11.5 Å². The summed E-state index contributed by atoms with van der Waals surface area (Å²) in [5.41, 5.74) is 3.52. The zero-order valence-electron chi connectivity index (χ0n) is 24.9. The van der Waals surface area contributed by atoms with Crippen LogP contribution in [-0.4, -0.2) is 24.3 Å². The number of thiazole rings is 1. The van der Waals surface area contributed by atoms with Crippen molar-refractivity contribution in [1.29, 1.82) is 0 Å². The van der Waals surface area contributed by atoms with Gasteiger partial charge in [0.15, 0.2) is 4.80 Å². The topological polar surface area (TPSA) is 79.1 Å². The third kappa shape index (κ3) is 6.51. The summed E-state index contributed by atoms with van der Waals surface area (Å²) in [7, 11) is 1.57. The molecule has 6 rings (SSSR count). The van der Waals surface area contributed by atoms with E-state index in [9.17, 15) is 9.59 Å². The molecule has 0 amide bonds. The van der Waals surface area contributed by atoms with Crippen LogP contribution in [0.15, 0.2) is 112 Å². The van der Waals surface area contributed by atoms with Gasteiger partial charge in [0.1, 0.15) is 18.1 Å². The van der Waals surface area contributed by atoms with Crippen LogP contribution < -0.4 is 24.4 Å². The Balaban J connectivity index is 1.47. The smallest absolute Gasteiger partial charge is 0.338 e. The second kappa shape index (κ2) is 13.8. The molecule has 4 aromatic carbocycles. The summed E-state index contributed by atoms with van der Waals surface area (Å²) < 4.78 is 19.1. The molecule has 1 atom stereocenters. The summed E-state index contributed by atoms with van der Waals surface area (Å²) in [4.78, 5) is 33.2. The van der Waals surface area contributed by atoms with Crippen LogP contribution in [0.2, 0.25) is 10.0 Å². The van der Waals surface area contributed by atoms with Crippen LogP contribution in [0.5, 0.6) is 11.5 Å². The molecule has 0 saturated heterocycles. The molecule has 2 heterocycles. The third-order valence-electron chi connectivity index (χ3n) is 7.33. The molecule has 0 spiro atoms. The Morgan fingerprint density at radius 3 is 2.48 bits per heavy atom. The van der Waals surface area contributed by atoms with Gasteiger partial charge in [0.05, 0.1) is 45.6 Å². The van der Waals surface area contributed by atoms with Crippen LogP contribution in [0.4, 0.5) is 0 Å². The van der Waals surface area contributed by atoms with Crippen molar-refractivity contribution >= 4 is 52.3 Å². The van der Waals surface area contributed by atoms with E-state index in [4.69, 9.17) is 42.4 Å². The molecule has 0 N–H and O–H groups in total. The Kier molecular flexibility index (Phi) is 9.40. The summed E-state index contributed by atoms with van der Waals surface area (Å²) in [6, 6.07) is 28.8. The van der Waals surface area contributed by atoms with Crippen molar-refractivity contribution in [2.75, 3.05) is 13.7 Å². The van der Waals surface area contributed by atoms with Crippen LogP contribution in [0.3, 0.4) is 0 Å². The average Bonchev–Trinajstić information content (AvgIpc) is 3.39. The van der Waals surface area contributed by atoms with Crippen LogP contribution in [0.1, 0.15) is 35.2 Å². The largest absolute Gasteiger partial charge is 0.497 e. The summed E-state index contributed by atoms with van der Waals surface area (Å²) in [5, 5.41) is 0.938. The van der Waals surface area contributed by atoms with E-state index in [1.54, 1.807) is 36.8 Å². The Morgan fingerprint density at radius 2 is 1.72 bits per heavy atom. The van der Waals surface area contributed by atoms with Gasteiger partial charge in [-0.3, -0.25) is 9.36 Å². The molecule has 1 aliphatic heterocycles. The number of fused-ring (bicyclic) bond motifs is 1. The SMILES string of the molecule is CCOC(=O)C1=C(c2ccccc2)N=c2s/c(=C/c3cccc(OCc4ccc(Cl)c(Cl)c4)c3)c(=O)n2[C@@H]1c1cccc(OC)c1. The predicted octanol–water partition coefficient (Wildman–Crippen LogP) is 6.83. The molecule has 10 heteroatoms. The maximum absolute atomic E-state index is 14.2. The number of rotatable bonds is 9. The molecule has 1 aliphatic rings. The number of hydrogen-bond acceptors (Lipinski definition) is 7. The van der Waals surface area contributed by atoms with Gasteiger partial charge in [-0.2, -0.15) is 0 Å². The molecule has 232 valence electrons. The van der Waals surface area contributed by atoms with Crippen LogP contribution in [0.25, 0.3) is 11.8 Å². The van der Waals surface area contributed by atoms with Gasteiger partial charge in [0.25, 0.3) is 5.56 Å². The van der Waals surface area contributed by atoms with Crippen LogP contribution in [0, 0.1) is 0 Å². The van der Waals surface area contributed by atoms with Gasteiger partial charge < -0.3 is 14.2 Å². The molecule has 1 aromatic heterocycles. The van der Waals surface area contributed by atoms with Crippen LogP contribution in [-0.2, 0) is 16.1 Å². The van der Waals surface area contributed by atoms with Crippen molar-refractivity contribution in [3.63, 3.8) is 0 Å². The quantitative estimate of drug-likeness (QED) is 0.161. The fourth-order valence-electron chi connectivity index (χ4n) is 5.21. The summed E-state index contributed by atoms with van der Waals surface area (Å²) in [6.07, 6.45) is 1.80. The number of hydrogen-bond donors (Lipinski definition) is 0. The standard InChI is InChI=1S/C36H28Cl2N2O5S/c1-3-44-35(42)31-32(24-10-5-4-6-11-24)39-36-40(33(31)25-12-8-13-26(20-25)43-2)34(41)30(46-36)19-22-9-7-14-27(17-22)45-21-23-15-16-28(37)29(38)18-23/h4-20,33H,3,21H2,1-2H3/b30-19+/t33-/m1/s1. The molecule has 46 heavy (non-hydrogen) atoms. The Hall–Kier alpha value is -4.63. The van der Waals surface area contributed by atoms with Gasteiger partial charge in [0, 0.05) is 5.56 Å². The van der Waals surface area contributed by atoms with Crippen molar-refractivity contribution in [2.24, 2.45) is 4.99 Å². The molecule has 0 bridgehead atoms. The number of carbonyl (C=O) groups is 1. The molecular formula is C36H28Cl2N2O5S. The first-order chi connectivity index (χ1) is 22.4. The van der Waals surface area contributed by atoms with E-state index in [-0.39, 0.29) is 17.7 Å². The first-order valence-corrected chi connectivity index (χ1v) is 16.0. The van der Waals surface area contributed by atoms with Gasteiger partial charge in [-0.25, -0.2) is 9.79 Å². The molecule has 0 saturated carbocycles. The van der Waals surface area contributed by atoms with Gasteiger partial charge in [-0.05, 0) is 66.1 Å². The van der Waals surface area contributed by atoms with E-state index in [2.05, 4.69) is 0 Å². The van der Waals surface area contributed by atoms with Gasteiger partial charge in [-0.15, -0.1) is 0 Å². The number of halogens is 2. The highest BCUT2D eigenvalue weighted by Crippen LogP contribution is 2.36. The highest BCUT2D eigenvalue weighted by atomic mass is 35.5. The number of esters is 1. The number of ether oxygens (including phenoxy) is 3. The van der Waals surface area contributed by atoms with Crippen LogP contribution >= 0.6 is 34.5 Å². The zero-order valence-corrected chi connectivity index (χ0v) is 27.2. The molecule has 5 aromatic rings. The Bertz CT molecular complexity index is 2140. The first kappa shape index (κ1) is 31.4. The lowest BCUT2D eigenvalue weighted by Crippen LogP contribution is -2.40. The number of nitrogens with zero attached hydrogens (tertiary/aromatic N) is 2. The normalized spacial score (nSPS) is 14.4. The minimum Gasteiger partial charge on any atom is -0.497 e. The van der Waals surface area contributed by atoms with E-state index >= 15 is 0 Å². The van der Waals surface area contributed by atoms with E-state index in [1.807, 2.05) is 84.9 Å². The molecular weight excluding hydrogens is 643 g/mol. The second-order valence-electron chi connectivity index (χ2n) is 10.3. The molecule has 0 aliphatic carbocycles. The average molecular weight is 672 g/mol. The summed E-state index contributed by atoms with van der Waals surface area (Å²) in [5.74, 6) is 0.677. The molecule has 0 fully saturated rings. The zero-order chi connectivity index (χ0) is 32.2. The van der Waals surface area contributed by atoms with E-state index in [0.717, 1.165) is 16.7 Å². The maximum Gasteiger partial charge on any atom is 0.338 e. The van der Waals surface area contributed by atoms with E-state index in [0.29, 0.717) is 48.7 Å². The van der Waals surface area contributed by atoms with E-state index < -0.39 is 12.0 Å². The minimum absolute atomic E-state index is 0.170. The number of methoxy groups -OCH3 is 1. The molecule has 7 nitrogen and oxygen atoms in total. The predicted molar refractivity (Wildman–Crippen MR) is 181 cm³/mol. The highest BCUT2D eigenvalue weighted by molar-refractivity contribution is 7.07. The third-order valence-corrected chi connectivity index (χ3v) is 9.05. The Morgan fingerprint density at radius 1 is 0.935 bits per heavy atom. The first-order valence-electron chi connectivity index (χ1n) is 14.5. The monoisotopic (exact) mass is 670 g/mol. The molecule has 0 unspecified atom stereocenters.